The van der Waals surface area contributed by atoms with Gasteiger partial charge in [-0.2, -0.15) is 0 Å². The van der Waals surface area contributed by atoms with Crippen molar-refractivity contribution in [1.29, 1.82) is 0 Å². The molecule has 2 amide bonds. The Morgan fingerprint density at radius 3 is 2.38 bits per heavy atom. The highest BCUT2D eigenvalue weighted by molar-refractivity contribution is 6.30. The van der Waals surface area contributed by atoms with Crippen molar-refractivity contribution in [1.82, 2.24) is 10.6 Å². The lowest BCUT2D eigenvalue weighted by Crippen LogP contribution is -2.36. The van der Waals surface area contributed by atoms with Gasteiger partial charge in [0.05, 0.1) is 7.11 Å². The second-order valence-electron chi connectivity index (χ2n) is 5.56. The van der Waals surface area contributed by atoms with E-state index < -0.39 is 0 Å². The molecule has 0 aliphatic rings. The van der Waals surface area contributed by atoms with Gasteiger partial charge >= 0.3 is 0 Å². The van der Waals surface area contributed by atoms with Crippen molar-refractivity contribution in [2.24, 2.45) is 0 Å². The molecule has 0 aliphatic heterocycles. The van der Waals surface area contributed by atoms with Crippen LogP contribution in [0.2, 0.25) is 5.02 Å². The molecule has 0 saturated heterocycles. The van der Waals surface area contributed by atoms with E-state index in [1.165, 1.54) is 0 Å². The highest BCUT2D eigenvalue weighted by Gasteiger charge is 2.08. The molecule has 2 aromatic carbocycles. The van der Waals surface area contributed by atoms with Crippen LogP contribution in [-0.4, -0.2) is 38.6 Å². The molecule has 0 saturated carbocycles. The SMILES string of the molecule is COc1cc(C)ccc1OCC(=O)NCCNC(=O)c1ccc(Cl)cc1. The van der Waals surface area contributed by atoms with Gasteiger partial charge in [-0.1, -0.05) is 17.7 Å². The first kappa shape index (κ1) is 19.6. The number of benzene rings is 2. The molecule has 0 spiro atoms. The minimum Gasteiger partial charge on any atom is -0.493 e. The molecule has 26 heavy (non-hydrogen) atoms. The fourth-order valence-corrected chi connectivity index (χ4v) is 2.30. The number of carbonyl (C=O) groups excluding carboxylic acids is 2. The van der Waals surface area contributed by atoms with E-state index in [2.05, 4.69) is 10.6 Å². The number of carbonyl (C=O) groups is 2. The third kappa shape index (κ3) is 5.97. The number of hydrogen-bond acceptors (Lipinski definition) is 4. The molecule has 6 nitrogen and oxygen atoms in total. The molecule has 0 aromatic heterocycles. The van der Waals surface area contributed by atoms with Crippen LogP contribution in [0.25, 0.3) is 0 Å². The average molecular weight is 377 g/mol. The molecule has 0 radical (unpaired) electrons. The molecule has 0 fully saturated rings. The quantitative estimate of drug-likeness (QED) is 0.694. The number of ether oxygens (including phenoxy) is 2. The number of aryl methyl sites for hydroxylation is 1. The summed E-state index contributed by atoms with van der Waals surface area (Å²) in [5, 5.41) is 5.96. The van der Waals surface area contributed by atoms with Crippen LogP contribution in [0, 0.1) is 6.92 Å². The Morgan fingerprint density at radius 1 is 1.00 bits per heavy atom. The summed E-state index contributed by atoms with van der Waals surface area (Å²) in [6.45, 7) is 2.41. The van der Waals surface area contributed by atoms with Crippen LogP contribution in [0.1, 0.15) is 15.9 Å². The Bertz CT molecular complexity index is 763. The van der Waals surface area contributed by atoms with Crippen LogP contribution in [0.15, 0.2) is 42.5 Å². The zero-order valence-corrected chi connectivity index (χ0v) is 15.4. The molecule has 0 bridgehead atoms. The van der Waals surface area contributed by atoms with E-state index >= 15 is 0 Å². The number of hydrogen-bond donors (Lipinski definition) is 2. The highest BCUT2D eigenvalue weighted by Crippen LogP contribution is 2.27. The van der Waals surface area contributed by atoms with E-state index in [0.29, 0.717) is 35.2 Å². The molecule has 138 valence electrons. The smallest absolute Gasteiger partial charge is 0.258 e. The average Bonchev–Trinajstić information content (AvgIpc) is 2.64. The van der Waals surface area contributed by atoms with Crippen molar-refractivity contribution in [2.75, 3.05) is 26.8 Å². The van der Waals surface area contributed by atoms with E-state index in [1.54, 1.807) is 37.4 Å². The van der Waals surface area contributed by atoms with Gasteiger partial charge in [0.25, 0.3) is 11.8 Å². The second kappa shape index (κ2) is 9.68. The summed E-state index contributed by atoms with van der Waals surface area (Å²) in [4.78, 5) is 23.7. The number of methoxy groups -OCH3 is 1. The van der Waals surface area contributed by atoms with Crippen LogP contribution in [0.5, 0.6) is 11.5 Å². The lowest BCUT2D eigenvalue weighted by Gasteiger charge is -2.11. The first-order chi connectivity index (χ1) is 12.5. The number of amides is 2. The van der Waals surface area contributed by atoms with Gasteiger partial charge in [-0.3, -0.25) is 9.59 Å². The molecule has 0 atom stereocenters. The number of nitrogens with one attached hydrogen (secondary N) is 2. The highest BCUT2D eigenvalue weighted by atomic mass is 35.5. The van der Waals surface area contributed by atoms with Crippen LogP contribution >= 0.6 is 11.6 Å². The molecule has 7 heteroatoms. The number of halogens is 1. The van der Waals surface area contributed by atoms with Gasteiger partial charge in [-0.25, -0.2) is 0 Å². The summed E-state index contributed by atoms with van der Waals surface area (Å²) in [5.74, 6) is 0.572. The maximum absolute atomic E-state index is 11.9. The largest absolute Gasteiger partial charge is 0.493 e. The summed E-state index contributed by atoms with van der Waals surface area (Å²) in [5.41, 5.74) is 1.55. The fraction of sp³-hybridized carbons (Fsp3) is 0.263. The Kier molecular flexibility index (Phi) is 7.29. The third-order valence-corrected chi connectivity index (χ3v) is 3.77. The predicted octanol–water partition coefficient (Wildman–Crippen LogP) is 2.58. The van der Waals surface area contributed by atoms with Crippen molar-refractivity contribution in [3.8, 4) is 11.5 Å². The van der Waals surface area contributed by atoms with E-state index in [-0.39, 0.29) is 18.4 Å². The molecule has 0 aliphatic carbocycles. The molecule has 2 aromatic rings. The Labute approximate surface area is 157 Å². The fourth-order valence-electron chi connectivity index (χ4n) is 2.17. The van der Waals surface area contributed by atoms with Gasteiger partial charge in [0.15, 0.2) is 18.1 Å². The Hall–Kier alpha value is -2.73. The molecule has 0 unspecified atom stereocenters. The summed E-state index contributed by atoms with van der Waals surface area (Å²) >= 11 is 5.78. The Morgan fingerprint density at radius 2 is 1.69 bits per heavy atom. The first-order valence-corrected chi connectivity index (χ1v) is 8.45. The summed E-state index contributed by atoms with van der Waals surface area (Å²) < 4.78 is 10.7. The van der Waals surface area contributed by atoms with Gasteiger partial charge in [0.2, 0.25) is 0 Å². The van der Waals surface area contributed by atoms with Crippen molar-refractivity contribution in [2.45, 2.75) is 6.92 Å². The van der Waals surface area contributed by atoms with Crippen LogP contribution in [0.4, 0.5) is 0 Å². The molecular formula is C19H21ClN2O4. The third-order valence-electron chi connectivity index (χ3n) is 3.52. The summed E-state index contributed by atoms with van der Waals surface area (Å²) in [6, 6.07) is 12.0. The molecule has 2 rings (SSSR count). The van der Waals surface area contributed by atoms with Gasteiger partial charge in [-0.05, 0) is 48.9 Å². The van der Waals surface area contributed by atoms with Crippen LogP contribution < -0.4 is 20.1 Å². The molecular weight excluding hydrogens is 356 g/mol. The lowest BCUT2D eigenvalue weighted by molar-refractivity contribution is -0.123. The minimum absolute atomic E-state index is 0.134. The maximum atomic E-state index is 11.9. The van der Waals surface area contributed by atoms with Crippen LogP contribution in [0.3, 0.4) is 0 Å². The topological polar surface area (TPSA) is 76.7 Å². The van der Waals surface area contributed by atoms with Gasteiger partial charge in [0.1, 0.15) is 0 Å². The van der Waals surface area contributed by atoms with Crippen molar-refractivity contribution >= 4 is 23.4 Å². The standard InChI is InChI=1S/C19H21ClN2O4/c1-13-3-8-16(17(11-13)25-2)26-12-18(23)21-9-10-22-19(24)14-4-6-15(20)7-5-14/h3-8,11H,9-10,12H2,1-2H3,(H,21,23)(H,22,24). The number of rotatable bonds is 8. The molecule has 0 heterocycles. The van der Waals surface area contributed by atoms with E-state index in [4.69, 9.17) is 21.1 Å². The van der Waals surface area contributed by atoms with Crippen molar-refractivity contribution in [3.05, 3.63) is 58.6 Å². The van der Waals surface area contributed by atoms with Crippen molar-refractivity contribution in [3.63, 3.8) is 0 Å². The minimum atomic E-state index is -0.284. The van der Waals surface area contributed by atoms with E-state index in [9.17, 15) is 9.59 Å². The zero-order chi connectivity index (χ0) is 18.9. The van der Waals surface area contributed by atoms with E-state index in [0.717, 1.165) is 5.56 Å². The first-order valence-electron chi connectivity index (χ1n) is 8.07. The predicted molar refractivity (Wildman–Crippen MR) is 100 cm³/mol. The van der Waals surface area contributed by atoms with E-state index in [1.807, 2.05) is 19.1 Å². The lowest BCUT2D eigenvalue weighted by atomic mass is 10.2. The van der Waals surface area contributed by atoms with Gasteiger partial charge < -0.3 is 20.1 Å². The van der Waals surface area contributed by atoms with Crippen molar-refractivity contribution < 1.29 is 19.1 Å². The monoisotopic (exact) mass is 376 g/mol. The second-order valence-corrected chi connectivity index (χ2v) is 5.99. The van der Waals surface area contributed by atoms with Gasteiger partial charge in [0, 0.05) is 23.7 Å². The maximum Gasteiger partial charge on any atom is 0.258 e. The van der Waals surface area contributed by atoms with Crippen LogP contribution in [-0.2, 0) is 4.79 Å². The van der Waals surface area contributed by atoms with Gasteiger partial charge in [-0.15, -0.1) is 0 Å². The zero-order valence-electron chi connectivity index (χ0n) is 14.7. The Balaban J connectivity index is 1.69. The molecule has 2 N–H and O–H groups in total. The normalized spacial score (nSPS) is 10.1. The summed E-state index contributed by atoms with van der Waals surface area (Å²) in [7, 11) is 1.55. The summed E-state index contributed by atoms with van der Waals surface area (Å²) in [6.07, 6.45) is 0.